The Hall–Kier alpha value is -0.890. The maximum atomic E-state index is 13.6. The molecular weight excluding hydrogens is 261 g/mol. The summed E-state index contributed by atoms with van der Waals surface area (Å²) in [5, 5.41) is 3.75. The predicted molar refractivity (Wildman–Crippen MR) is 88.0 cm³/mol. The lowest BCUT2D eigenvalue weighted by Crippen LogP contribution is -2.32. The molecule has 0 spiro atoms. The fourth-order valence-electron chi connectivity index (χ4n) is 3.84. The lowest BCUT2D eigenvalue weighted by Gasteiger charge is -2.35. The fraction of sp³-hybridized carbons (Fsp3) is 0.684. The van der Waals surface area contributed by atoms with Crippen molar-refractivity contribution in [2.45, 2.75) is 65.8 Å². The molecule has 0 saturated heterocycles. The van der Waals surface area contributed by atoms with Crippen LogP contribution in [0.1, 0.15) is 68.7 Å². The van der Waals surface area contributed by atoms with Crippen molar-refractivity contribution in [3.8, 4) is 0 Å². The summed E-state index contributed by atoms with van der Waals surface area (Å²) < 4.78 is 13.6. The summed E-state index contributed by atoms with van der Waals surface area (Å²) in [5.74, 6) is 1.44. The first-order chi connectivity index (χ1) is 10.0. The third-order valence-corrected chi connectivity index (χ3v) is 5.02. The van der Waals surface area contributed by atoms with Gasteiger partial charge in [-0.2, -0.15) is 0 Å². The Kier molecular flexibility index (Phi) is 5.80. The molecule has 0 radical (unpaired) electrons. The highest BCUT2D eigenvalue weighted by atomic mass is 19.1. The van der Waals surface area contributed by atoms with Crippen LogP contribution in [0.25, 0.3) is 0 Å². The molecule has 21 heavy (non-hydrogen) atoms. The molecular formula is C19H30FN. The predicted octanol–water partition coefficient (Wildman–Crippen LogP) is 5.31. The Balaban J connectivity index is 2.27. The maximum Gasteiger partial charge on any atom is 0.123 e. The number of hydrogen-bond acceptors (Lipinski definition) is 1. The maximum absolute atomic E-state index is 13.6. The first kappa shape index (κ1) is 16.5. The average molecular weight is 291 g/mol. The van der Waals surface area contributed by atoms with Gasteiger partial charge >= 0.3 is 0 Å². The highest BCUT2D eigenvalue weighted by molar-refractivity contribution is 5.37. The normalized spacial score (nSPS) is 24.0. The van der Waals surface area contributed by atoms with E-state index in [1.165, 1.54) is 31.2 Å². The van der Waals surface area contributed by atoms with Crippen LogP contribution in [0.15, 0.2) is 12.1 Å². The van der Waals surface area contributed by atoms with Crippen LogP contribution in [0, 0.1) is 31.5 Å². The standard InChI is InChI=1S/C19H30FN/c1-5-10-21-19(16-8-6-13(2)7-9-16)18-14(3)11-17(20)12-15(18)4/h11-13,16,19,21H,5-10H2,1-4H3. The van der Waals surface area contributed by atoms with Gasteiger partial charge in [0.25, 0.3) is 0 Å². The molecule has 1 unspecified atom stereocenters. The minimum Gasteiger partial charge on any atom is -0.310 e. The van der Waals surface area contributed by atoms with E-state index < -0.39 is 0 Å². The topological polar surface area (TPSA) is 12.0 Å². The van der Waals surface area contributed by atoms with Crippen LogP contribution < -0.4 is 5.32 Å². The zero-order chi connectivity index (χ0) is 15.4. The number of nitrogens with one attached hydrogen (secondary N) is 1. The second kappa shape index (κ2) is 7.40. The van der Waals surface area contributed by atoms with E-state index in [-0.39, 0.29) is 5.82 Å². The van der Waals surface area contributed by atoms with E-state index in [1.807, 2.05) is 0 Å². The summed E-state index contributed by atoms with van der Waals surface area (Å²) in [6.45, 7) is 9.71. The van der Waals surface area contributed by atoms with E-state index >= 15 is 0 Å². The molecule has 1 saturated carbocycles. The van der Waals surface area contributed by atoms with Crippen LogP contribution in [-0.4, -0.2) is 6.54 Å². The van der Waals surface area contributed by atoms with E-state index in [2.05, 4.69) is 33.0 Å². The van der Waals surface area contributed by atoms with E-state index in [0.29, 0.717) is 12.0 Å². The van der Waals surface area contributed by atoms with Crippen molar-refractivity contribution in [2.24, 2.45) is 11.8 Å². The van der Waals surface area contributed by atoms with Gasteiger partial charge < -0.3 is 5.32 Å². The third kappa shape index (κ3) is 4.06. The molecule has 1 nitrogen and oxygen atoms in total. The molecule has 118 valence electrons. The first-order valence-electron chi connectivity index (χ1n) is 8.53. The van der Waals surface area contributed by atoms with Gasteiger partial charge in [0.15, 0.2) is 0 Å². The van der Waals surface area contributed by atoms with Crippen LogP contribution in [0.3, 0.4) is 0 Å². The first-order valence-corrected chi connectivity index (χ1v) is 8.53. The van der Waals surface area contributed by atoms with Crippen LogP contribution in [0.5, 0.6) is 0 Å². The average Bonchev–Trinajstić information content (AvgIpc) is 2.42. The van der Waals surface area contributed by atoms with Crippen molar-refractivity contribution in [3.63, 3.8) is 0 Å². The molecule has 0 bridgehead atoms. The smallest absolute Gasteiger partial charge is 0.123 e. The Morgan fingerprint density at radius 3 is 2.24 bits per heavy atom. The van der Waals surface area contributed by atoms with Gasteiger partial charge in [-0.3, -0.25) is 0 Å². The number of aryl methyl sites for hydroxylation is 2. The summed E-state index contributed by atoms with van der Waals surface area (Å²) in [7, 11) is 0. The van der Waals surface area contributed by atoms with Gasteiger partial charge in [-0.15, -0.1) is 0 Å². The zero-order valence-electron chi connectivity index (χ0n) is 14.0. The Morgan fingerprint density at radius 1 is 1.14 bits per heavy atom. The minimum absolute atomic E-state index is 0.111. The van der Waals surface area contributed by atoms with Crippen molar-refractivity contribution in [1.82, 2.24) is 5.32 Å². The summed E-state index contributed by atoms with van der Waals surface area (Å²) >= 11 is 0. The van der Waals surface area contributed by atoms with Crippen LogP contribution in [0.4, 0.5) is 4.39 Å². The molecule has 1 fully saturated rings. The molecule has 2 heteroatoms. The van der Waals surface area contributed by atoms with E-state index in [1.54, 1.807) is 12.1 Å². The summed E-state index contributed by atoms with van der Waals surface area (Å²) in [4.78, 5) is 0. The molecule has 1 atom stereocenters. The largest absolute Gasteiger partial charge is 0.310 e. The van der Waals surface area contributed by atoms with Gasteiger partial charge in [0, 0.05) is 6.04 Å². The van der Waals surface area contributed by atoms with E-state index in [0.717, 1.165) is 30.0 Å². The fourth-order valence-corrected chi connectivity index (χ4v) is 3.84. The van der Waals surface area contributed by atoms with Gasteiger partial charge in [0.05, 0.1) is 0 Å². The number of halogens is 1. The summed E-state index contributed by atoms with van der Waals surface area (Å²) in [6.07, 6.45) is 6.37. The van der Waals surface area contributed by atoms with Crippen molar-refractivity contribution in [1.29, 1.82) is 0 Å². The van der Waals surface area contributed by atoms with Crippen LogP contribution in [0.2, 0.25) is 0 Å². The zero-order valence-corrected chi connectivity index (χ0v) is 14.0. The van der Waals surface area contributed by atoms with Crippen LogP contribution in [-0.2, 0) is 0 Å². The molecule has 1 aromatic carbocycles. The molecule has 2 rings (SSSR count). The van der Waals surface area contributed by atoms with E-state index in [4.69, 9.17) is 0 Å². The summed E-state index contributed by atoms with van der Waals surface area (Å²) in [5.41, 5.74) is 3.53. The van der Waals surface area contributed by atoms with Crippen molar-refractivity contribution in [3.05, 3.63) is 34.6 Å². The van der Waals surface area contributed by atoms with Crippen molar-refractivity contribution >= 4 is 0 Å². The third-order valence-electron chi connectivity index (χ3n) is 5.02. The van der Waals surface area contributed by atoms with Crippen molar-refractivity contribution in [2.75, 3.05) is 6.54 Å². The lowest BCUT2D eigenvalue weighted by molar-refractivity contribution is 0.230. The molecule has 1 N–H and O–H groups in total. The number of hydrogen-bond donors (Lipinski definition) is 1. The SMILES string of the molecule is CCCNC(c1c(C)cc(F)cc1C)C1CCC(C)CC1. The van der Waals surface area contributed by atoms with Gasteiger partial charge in [0.2, 0.25) is 0 Å². The highest BCUT2D eigenvalue weighted by Gasteiger charge is 2.28. The van der Waals surface area contributed by atoms with Gasteiger partial charge in [0.1, 0.15) is 5.82 Å². The molecule has 0 amide bonds. The van der Waals surface area contributed by atoms with Crippen LogP contribution >= 0.6 is 0 Å². The number of benzene rings is 1. The van der Waals surface area contributed by atoms with Crippen molar-refractivity contribution < 1.29 is 4.39 Å². The summed E-state index contributed by atoms with van der Waals surface area (Å²) in [6, 6.07) is 3.76. The molecule has 0 aliphatic heterocycles. The Labute approximate surface area is 129 Å². The van der Waals surface area contributed by atoms with Gasteiger partial charge in [-0.1, -0.05) is 26.7 Å². The Morgan fingerprint density at radius 2 is 1.71 bits per heavy atom. The molecule has 1 aliphatic rings. The monoisotopic (exact) mass is 291 g/mol. The second-order valence-electron chi connectivity index (χ2n) is 6.91. The van der Waals surface area contributed by atoms with Gasteiger partial charge in [-0.05, 0) is 80.3 Å². The molecule has 0 aromatic heterocycles. The molecule has 0 heterocycles. The minimum atomic E-state index is -0.111. The van der Waals surface area contributed by atoms with Gasteiger partial charge in [-0.25, -0.2) is 4.39 Å². The molecule has 1 aliphatic carbocycles. The number of rotatable bonds is 5. The highest BCUT2D eigenvalue weighted by Crippen LogP contribution is 2.39. The quantitative estimate of drug-likeness (QED) is 0.775. The van der Waals surface area contributed by atoms with E-state index in [9.17, 15) is 4.39 Å². The molecule has 1 aromatic rings. The Bertz CT molecular complexity index is 438. The lowest BCUT2D eigenvalue weighted by atomic mass is 9.76. The second-order valence-corrected chi connectivity index (χ2v) is 6.91.